The highest BCUT2D eigenvalue weighted by Crippen LogP contribution is 2.38. The minimum Gasteiger partial charge on any atom is -0.476 e. The van der Waals surface area contributed by atoms with Crippen LogP contribution < -0.4 is 0 Å². The summed E-state index contributed by atoms with van der Waals surface area (Å²) in [4.78, 5) is 92.1. The molecule has 6 aliphatic heterocycles. The summed E-state index contributed by atoms with van der Waals surface area (Å²) in [6.45, 7) is 9.36. The summed E-state index contributed by atoms with van der Waals surface area (Å²) in [5.74, 6) is -0.183. The fourth-order valence-electron chi connectivity index (χ4n) is 16.3. The van der Waals surface area contributed by atoms with Gasteiger partial charge in [0.2, 0.25) is 0 Å². The third kappa shape index (κ3) is 24.8. The lowest BCUT2D eigenvalue weighted by atomic mass is 9.98. The second-order valence-electron chi connectivity index (χ2n) is 33.8. The van der Waals surface area contributed by atoms with Gasteiger partial charge in [-0.2, -0.15) is 26.3 Å². The molecule has 0 bridgehead atoms. The van der Waals surface area contributed by atoms with E-state index in [1.807, 2.05) is 99.3 Å². The minimum absolute atomic E-state index is 0.0487. The maximum atomic E-state index is 14.8. The molecular weight excluding hydrogens is 2250 g/mol. The Bertz CT molecular complexity index is 7940. The molecule has 1 fully saturated rings. The van der Waals surface area contributed by atoms with E-state index in [-0.39, 0.29) is 95.5 Å². The molecule has 754 valence electrons. The van der Waals surface area contributed by atoms with Gasteiger partial charge in [0, 0.05) is 94.8 Å². The van der Waals surface area contributed by atoms with Gasteiger partial charge in [-0.15, -0.1) is 12.0 Å². The third-order valence-electron chi connectivity index (χ3n) is 22.9. The molecule has 0 aliphatic carbocycles. The minimum atomic E-state index is -4.66. The quantitative estimate of drug-likeness (QED) is 0.0226. The summed E-state index contributed by atoms with van der Waals surface area (Å²) in [7, 11) is -1.66. The number of terminal acetylenes is 1. The van der Waals surface area contributed by atoms with Gasteiger partial charge in [-0.3, -0.25) is 43.2 Å². The lowest BCUT2D eigenvalue weighted by Crippen LogP contribution is -2.21. The van der Waals surface area contributed by atoms with Crippen LogP contribution in [0, 0.1) is 59.8 Å². The Morgan fingerprint density at radius 3 is 0.993 bits per heavy atom. The van der Waals surface area contributed by atoms with Crippen LogP contribution in [0.5, 0.6) is 0 Å². The fourth-order valence-corrected chi connectivity index (χ4v) is 17.9. The highest BCUT2D eigenvalue weighted by Gasteiger charge is 2.37. The summed E-state index contributed by atoms with van der Waals surface area (Å²) < 4.78 is 183. The maximum absolute atomic E-state index is 14.8. The van der Waals surface area contributed by atoms with Crippen molar-refractivity contribution < 1.29 is 92.9 Å². The van der Waals surface area contributed by atoms with E-state index in [1.165, 1.54) is 62.2 Å². The van der Waals surface area contributed by atoms with Crippen molar-refractivity contribution in [2.45, 2.75) is 91.4 Å². The van der Waals surface area contributed by atoms with Gasteiger partial charge < -0.3 is 28.6 Å². The molecule has 11 heterocycles. The average molecular weight is 2340 g/mol. The van der Waals surface area contributed by atoms with E-state index in [2.05, 4.69) is 139 Å². The van der Waals surface area contributed by atoms with Crippen molar-refractivity contribution in [1.29, 1.82) is 0 Å². The molecule has 40 heteroatoms. The highest BCUT2D eigenvalue weighted by atomic mass is 127. The number of carbonyl (C=O) groups is 4. The summed E-state index contributed by atoms with van der Waals surface area (Å²) in [6, 6.07) is 59.3. The summed E-state index contributed by atoms with van der Waals surface area (Å²) in [5.41, 5.74) is 18.8. The van der Waals surface area contributed by atoms with Crippen LogP contribution in [0.2, 0.25) is 19.6 Å². The summed E-state index contributed by atoms with van der Waals surface area (Å²) in [5, 5.41) is 9.35. The smallest absolute Gasteiger partial charge is 0.422 e. The van der Waals surface area contributed by atoms with Crippen LogP contribution in [-0.2, 0) is 51.7 Å². The van der Waals surface area contributed by atoms with E-state index in [0.29, 0.717) is 107 Å². The Hall–Kier alpha value is -14.8. The molecule has 15 aromatic rings. The van der Waals surface area contributed by atoms with Crippen LogP contribution in [0.1, 0.15) is 164 Å². The number of aliphatic imine (C=N–C) groups is 5. The Morgan fingerprint density at radius 1 is 0.419 bits per heavy atom. The van der Waals surface area contributed by atoms with Gasteiger partial charge in [0.15, 0.2) is 36.0 Å². The predicted octanol–water partition coefficient (Wildman–Crippen LogP) is 23.8. The van der Waals surface area contributed by atoms with Crippen molar-refractivity contribution >= 4 is 131 Å². The number of hydrogen-bond donors (Lipinski definition) is 1. The summed E-state index contributed by atoms with van der Waals surface area (Å²) >= 11 is 12.3. The number of nitrogens with zero attached hydrogens (tertiary/aromatic N) is 15. The number of imidazole rings is 5. The van der Waals surface area contributed by atoms with Crippen LogP contribution in [0.4, 0.5) is 48.3 Å². The number of carboxylic acids is 1. The first-order chi connectivity index (χ1) is 71.4. The van der Waals surface area contributed by atoms with Crippen molar-refractivity contribution in [2.24, 2.45) is 25.0 Å². The molecule has 0 radical (unpaired) electrons. The van der Waals surface area contributed by atoms with Crippen molar-refractivity contribution in [2.75, 3.05) is 37.9 Å². The fraction of sp³-hybridized carbons (Fsp3) is 0.185. The lowest BCUT2D eigenvalue weighted by Gasteiger charge is -2.13. The SMILES string of the molecule is C#Cc1ccc2c(c1)C(c1ccccc1F)=NCc1c(C)ncn1-2.C1CCOC1.CCOC(=O)c1ncn2c1CN=C(c1ccccc1F)c1cc(Br)ccc1-2.C[Si](C)(C)C#Cc1ccc2c(c1)C(c1ccccc1F)=NCc1c(C(=O)OCC(F)(F)F)ncn1-2.O=C(O)c1ncn2c1CN=C(c1ccccc1F)c1cc(Br)ccc1-2.O=C(OCC(F)(F)F)c1ncn2c1CN=C(c1ccccc1F)c1cc(Br)ccc1-2.[2H]CI. The molecule has 1 N–H and O–H groups in total. The Labute approximate surface area is 881 Å². The zero-order valence-electron chi connectivity index (χ0n) is 80.0. The monoisotopic (exact) mass is 2340 g/mol. The average Bonchev–Trinajstić information content (AvgIpc) is 1.63. The molecule has 148 heavy (non-hydrogen) atoms. The number of aromatic carboxylic acids is 1. The first-order valence-corrected chi connectivity index (χ1v) is 52.6. The molecule has 24 nitrogen and oxygen atoms in total. The van der Waals surface area contributed by atoms with Crippen molar-refractivity contribution in [1.82, 2.24) is 47.8 Å². The van der Waals surface area contributed by atoms with E-state index in [1.54, 1.807) is 155 Å². The molecule has 21 rings (SSSR count). The van der Waals surface area contributed by atoms with Crippen LogP contribution in [0.25, 0.3) is 28.4 Å². The number of aromatic nitrogens is 10. The Kier molecular flexibility index (Phi) is 33.9. The van der Waals surface area contributed by atoms with Gasteiger partial charge in [-0.1, -0.05) is 163 Å². The molecule has 10 aromatic carbocycles. The van der Waals surface area contributed by atoms with Gasteiger partial charge in [0.1, 0.15) is 62.5 Å². The number of fused-ring (bicyclic) bond motifs is 15. The van der Waals surface area contributed by atoms with Gasteiger partial charge in [-0.05, 0) is 183 Å². The first-order valence-electron chi connectivity index (χ1n) is 45.9. The topological polar surface area (TPSA) is 276 Å². The second kappa shape index (κ2) is 47.3. The molecule has 6 aliphatic rings. The normalized spacial score (nSPS) is 13.2. The third-order valence-corrected chi connectivity index (χ3v) is 25.3. The summed E-state index contributed by atoms with van der Waals surface area (Å²) in [6.07, 6.45) is 6.25. The van der Waals surface area contributed by atoms with Gasteiger partial charge in [0.25, 0.3) is 0 Å². The van der Waals surface area contributed by atoms with Crippen LogP contribution >= 0.6 is 70.4 Å². The highest BCUT2D eigenvalue weighted by molar-refractivity contribution is 14.1. The van der Waals surface area contributed by atoms with Crippen LogP contribution in [-0.4, -0.2) is 164 Å². The number of ether oxygens (including phenoxy) is 4. The molecule has 1 saturated heterocycles. The zero-order valence-corrected chi connectivity index (χ0v) is 86.9. The van der Waals surface area contributed by atoms with E-state index in [4.69, 9.17) is 22.3 Å². The number of aryl methyl sites for hydroxylation is 1. The van der Waals surface area contributed by atoms with Gasteiger partial charge in [-0.25, -0.2) is 66.1 Å². The standard InChI is InChI=1S/C25H21F4N3O2Si.C20H12BrF4N3O2.C20H15BrFN3O2.C20H14FN3.C18H11BrFN3O2.C4H8O.CH3I/c1-35(2,3)11-10-16-8-9-20-18(12-16)22(17-6-4-5-7-19(17)26)30-13-21-23(31-15-32(20)21)24(33)34-14-25(27,28)29;21-11-5-6-15-13(7-11)17(12-3-1-2-4-14(12)22)26-8-16-18(27-10-28(15)16)19(29)30-9-20(23,24)25;1-2-27-20(26)19-17-10-23-18(13-5-3-4-6-15(13)22)14-9-12(21)7-8-16(14)25(17)11-24-19;1-3-14-8-9-18-16(10-14)20(15-6-4-5-7-17(15)21)22-11-19-13(2)23-12-24(18)19;19-10-5-6-14-12(7-10)16(11-3-1-2-4-13(11)20)21-8-15-17(18(24)25)22-9-23(14)15;1-2-4-5-3-1;1-2/h4-9,12,15H,13-14H2,1-3H3;1-7,10H,8-9H2;3-9,11H,2,10H2,1H3;1,4-10,12H,11H2,2H3;1-7,9H,8H2,(H,24,25);1-4H2;1H3/i;;;;;;1D. The van der Waals surface area contributed by atoms with Crippen LogP contribution in [0.15, 0.2) is 282 Å². The number of carboxylic acid groups (broad SMARTS) is 1. The molecular formula is C108H84Br3F11IN15O9Si. The largest absolute Gasteiger partial charge is 0.476 e. The number of benzene rings is 10. The van der Waals surface area contributed by atoms with E-state index < -0.39 is 69.2 Å². The van der Waals surface area contributed by atoms with Crippen LogP contribution in [0.3, 0.4) is 0 Å². The van der Waals surface area contributed by atoms with E-state index >= 15 is 0 Å². The lowest BCUT2D eigenvalue weighted by molar-refractivity contribution is -0.162. The molecule has 0 saturated carbocycles. The number of hydrogen-bond acceptors (Lipinski definition) is 18. The van der Waals surface area contributed by atoms with Gasteiger partial charge in [0.05, 0.1) is 137 Å². The number of esters is 3. The molecule has 0 unspecified atom stereocenters. The number of rotatable bonds is 12. The predicted molar refractivity (Wildman–Crippen MR) is 558 cm³/mol. The molecule has 5 aromatic heterocycles. The molecule has 0 atom stereocenters. The van der Waals surface area contributed by atoms with Crippen molar-refractivity contribution in [3.05, 3.63) is 410 Å². The number of alkyl halides is 7. The molecule has 0 spiro atoms. The maximum Gasteiger partial charge on any atom is 0.422 e. The number of halogens is 15. The second-order valence-corrected chi connectivity index (χ2v) is 41.3. The first kappa shape index (κ1) is 106. The molecule has 0 amide bonds. The van der Waals surface area contributed by atoms with E-state index in [0.717, 1.165) is 66.1 Å². The van der Waals surface area contributed by atoms with Crippen molar-refractivity contribution in [3.8, 4) is 52.2 Å². The van der Waals surface area contributed by atoms with Gasteiger partial charge >= 0.3 is 36.2 Å². The zero-order chi connectivity index (χ0) is 106. The Balaban J connectivity index is 0.000000137. The number of carbonyl (C=O) groups excluding carboxylic acids is 3. The van der Waals surface area contributed by atoms with Crippen molar-refractivity contribution in [3.63, 3.8) is 0 Å². The van der Waals surface area contributed by atoms with E-state index in [9.17, 15) is 72.6 Å². The Morgan fingerprint density at radius 2 is 0.696 bits per heavy atom.